The van der Waals surface area contributed by atoms with Crippen LogP contribution in [0.25, 0.3) is 0 Å². The van der Waals surface area contributed by atoms with Crippen LogP contribution >= 0.6 is 0 Å². The predicted octanol–water partition coefficient (Wildman–Crippen LogP) is 4.49. The average molecular weight is 293 g/mol. The fourth-order valence-electron chi connectivity index (χ4n) is 3.69. The van der Waals surface area contributed by atoms with Crippen molar-refractivity contribution in [2.45, 2.75) is 51.4 Å². The zero-order valence-electron chi connectivity index (χ0n) is 12.4. The van der Waals surface area contributed by atoms with Gasteiger partial charge in [0.2, 0.25) is 5.91 Å². The minimum atomic E-state index is -2.84. The van der Waals surface area contributed by atoms with Crippen LogP contribution in [-0.2, 0) is 10.7 Å². The third-order valence-corrected chi connectivity index (χ3v) is 5.01. The van der Waals surface area contributed by atoms with Gasteiger partial charge < -0.3 is 4.90 Å². The minimum Gasteiger partial charge on any atom is -0.312 e. The first kappa shape index (κ1) is 14.5. The molecule has 1 aliphatic heterocycles. The van der Waals surface area contributed by atoms with Gasteiger partial charge in [0.05, 0.1) is 5.41 Å². The van der Waals surface area contributed by atoms with Crippen molar-refractivity contribution in [3.63, 3.8) is 0 Å². The largest absolute Gasteiger partial charge is 0.312 e. The summed E-state index contributed by atoms with van der Waals surface area (Å²) >= 11 is 0. The van der Waals surface area contributed by atoms with E-state index < -0.39 is 5.92 Å². The van der Waals surface area contributed by atoms with E-state index in [-0.39, 0.29) is 16.9 Å². The molecule has 0 unspecified atom stereocenters. The van der Waals surface area contributed by atoms with E-state index in [1.165, 1.54) is 18.6 Å². The lowest BCUT2D eigenvalue weighted by Gasteiger charge is -2.31. The van der Waals surface area contributed by atoms with Crippen LogP contribution in [0.15, 0.2) is 24.3 Å². The number of carbonyl (C=O) groups is 1. The summed E-state index contributed by atoms with van der Waals surface area (Å²) in [7, 11) is 0. The van der Waals surface area contributed by atoms with Gasteiger partial charge in [-0.05, 0) is 31.4 Å². The molecule has 2 nitrogen and oxygen atoms in total. The Balaban J connectivity index is 1.80. The van der Waals surface area contributed by atoms with Crippen molar-refractivity contribution < 1.29 is 13.6 Å². The summed E-state index contributed by atoms with van der Waals surface area (Å²) in [5, 5.41) is 0. The summed E-state index contributed by atoms with van der Waals surface area (Å²) in [5.74, 6) is -2.64. The molecule has 1 heterocycles. The van der Waals surface area contributed by atoms with Gasteiger partial charge in [0, 0.05) is 24.7 Å². The number of hydrogen-bond acceptors (Lipinski definition) is 1. The van der Waals surface area contributed by atoms with Gasteiger partial charge in [-0.2, -0.15) is 0 Å². The Morgan fingerprint density at radius 3 is 2.24 bits per heavy atom. The fraction of sp³-hybridized carbons (Fsp3) is 0.588. The number of alkyl halides is 2. The van der Waals surface area contributed by atoms with E-state index in [1.54, 1.807) is 17.0 Å². The molecule has 3 rings (SSSR count). The van der Waals surface area contributed by atoms with Crippen LogP contribution in [0.4, 0.5) is 14.5 Å². The Morgan fingerprint density at radius 1 is 1.05 bits per heavy atom. The van der Waals surface area contributed by atoms with E-state index in [2.05, 4.69) is 0 Å². The van der Waals surface area contributed by atoms with Crippen molar-refractivity contribution in [1.29, 1.82) is 0 Å². The van der Waals surface area contributed by atoms with E-state index >= 15 is 0 Å². The first-order chi connectivity index (χ1) is 9.92. The summed E-state index contributed by atoms with van der Waals surface area (Å²) in [6, 6.07) is 6.14. The molecule has 114 valence electrons. The van der Waals surface area contributed by atoms with Gasteiger partial charge in [0.15, 0.2) is 0 Å². The van der Waals surface area contributed by atoms with Crippen LogP contribution in [0.2, 0.25) is 0 Å². The fourth-order valence-corrected chi connectivity index (χ4v) is 3.69. The van der Waals surface area contributed by atoms with Crippen LogP contribution in [0.3, 0.4) is 0 Å². The van der Waals surface area contributed by atoms with E-state index in [1.807, 2.05) is 0 Å². The standard InChI is InChI=1S/C17H21F2NO/c1-16(18,19)13-5-7-14(8-6-13)20-12-11-17(15(20)21)9-3-2-4-10-17/h5-8H,2-4,9-12H2,1H3. The number of amides is 1. The van der Waals surface area contributed by atoms with Crippen molar-refractivity contribution in [2.75, 3.05) is 11.4 Å². The third-order valence-electron chi connectivity index (χ3n) is 5.01. The highest BCUT2D eigenvalue weighted by atomic mass is 19.3. The summed E-state index contributed by atoms with van der Waals surface area (Å²) in [6.45, 7) is 1.60. The van der Waals surface area contributed by atoms with Crippen LogP contribution in [-0.4, -0.2) is 12.5 Å². The smallest absolute Gasteiger partial charge is 0.270 e. The molecular weight excluding hydrogens is 272 g/mol. The lowest BCUT2D eigenvalue weighted by Crippen LogP contribution is -2.36. The summed E-state index contributed by atoms with van der Waals surface area (Å²) in [5.41, 5.74) is 0.562. The zero-order valence-corrected chi connectivity index (χ0v) is 12.4. The third kappa shape index (κ3) is 2.56. The van der Waals surface area contributed by atoms with Gasteiger partial charge in [-0.15, -0.1) is 0 Å². The molecule has 21 heavy (non-hydrogen) atoms. The maximum atomic E-state index is 13.2. The van der Waals surface area contributed by atoms with Crippen molar-refractivity contribution in [3.8, 4) is 0 Å². The Morgan fingerprint density at radius 2 is 1.67 bits per heavy atom. The molecule has 0 bridgehead atoms. The van der Waals surface area contributed by atoms with Crippen LogP contribution in [0.5, 0.6) is 0 Å². The van der Waals surface area contributed by atoms with E-state index in [0.717, 1.165) is 44.7 Å². The molecule has 2 fully saturated rings. The second-order valence-electron chi connectivity index (χ2n) is 6.48. The Labute approximate surface area is 124 Å². The number of nitrogens with zero attached hydrogens (tertiary/aromatic N) is 1. The second kappa shape index (κ2) is 5.08. The monoisotopic (exact) mass is 293 g/mol. The first-order valence-electron chi connectivity index (χ1n) is 7.73. The normalized spacial score (nSPS) is 22.0. The van der Waals surface area contributed by atoms with Gasteiger partial charge >= 0.3 is 0 Å². The first-order valence-corrected chi connectivity index (χ1v) is 7.73. The molecule has 4 heteroatoms. The van der Waals surface area contributed by atoms with Crippen molar-refractivity contribution in [1.82, 2.24) is 0 Å². The molecule has 0 atom stereocenters. The van der Waals surface area contributed by atoms with Crippen LogP contribution < -0.4 is 4.90 Å². The number of rotatable bonds is 2. The molecule has 1 aromatic rings. The van der Waals surface area contributed by atoms with Gasteiger partial charge in [-0.25, -0.2) is 8.78 Å². The number of halogens is 2. The molecule has 1 amide bonds. The molecule has 1 saturated carbocycles. The Bertz CT molecular complexity index is 527. The van der Waals surface area contributed by atoms with Gasteiger partial charge in [-0.3, -0.25) is 4.79 Å². The molecule has 1 aliphatic carbocycles. The number of hydrogen-bond donors (Lipinski definition) is 0. The van der Waals surface area contributed by atoms with Crippen molar-refractivity contribution in [3.05, 3.63) is 29.8 Å². The van der Waals surface area contributed by atoms with Gasteiger partial charge in [0.1, 0.15) is 0 Å². The second-order valence-corrected chi connectivity index (χ2v) is 6.48. The maximum Gasteiger partial charge on any atom is 0.270 e. The quantitative estimate of drug-likeness (QED) is 0.787. The maximum absolute atomic E-state index is 13.2. The molecule has 1 spiro atoms. The highest BCUT2D eigenvalue weighted by Crippen LogP contribution is 2.46. The molecule has 0 N–H and O–H groups in total. The van der Waals surface area contributed by atoms with Gasteiger partial charge in [-0.1, -0.05) is 31.4 Å². The molecule has 0 radical (unpaired) electrons. The topological polar surface area (TPSA) is 20.3 Å². The Hall–Kier alpha value is -1.45. The Kier molecular flexibility index (Phi) is 3.50. The summed E-state index contributed by atoms with van der Waals surface area (Å²) < 4.78 is 26.5. The molecule has 1 saturated heterocycles. The highest BCUT2D eigenvalue weighted by molar-refractivity contribution is 5.99. The summed E-state index contributed by atoms with van der Waals surface area (Å²) in [4.78, 5) is 14.5. The van der Waals surface area contributed by atoms with E-state index in [9.17, 15) is 13.6 Å². The average Bonchev–Trinajstić information content (AvgIpc) is 2.76. The molecular formula is C17H21F2NO. The molecule has 1 aromatic carbocycles. The molecule has 0 aromatic heterocycles. The van der Waals surface area contributed by atoms with Crippen molar-refractivity contribution >= 4 is 11.6 Å². The van der Waals surface area contributed by atoms with Gasteiger partial charge in [0.25, 0.3) is 5.92 Å². The highest BCUT2D eigenvalue weighted by Gasteiger charge is 2.47. The van der Waals surface area contributed by atoms with Crippen molar-refractivity contribution in [2.24, 2.45) is 5.41 Å². The zero-order chi connectivity index (χ0) is 15.1. The summed E-state index contributed by atoms with van der Waals surface area (Å²) in [6.07, 6.45) is 6.33. The van der Waals surface area contributed by atoms with E-state index in [0.29, 0.717) is 6.54 Å². The lowest BCUT2D eigenvalue weighted by atomic mass is 9.73. The SMILES string of the molecule is CC(F)(F)c1ccc(N2CCC3(CCCCC3)C2=O)cc1. The lowest BCUT2D eigenvalue weighted by molar-refractivity contribution is -0.127. The van der Waals surface area contributed by atoms with Crippen LogP contribution in [0.1, 0.15) is 51.0 Å². The van der Waals surface area contributed by atoms with Crippen LogP contribution in [0, 0.1) is 5.41 Å². The predicted molar refractivity (Wildman–Crippen MR) is 78.5 cm³/mol. The number of anilines is 1. The van der Waals surface area contributed by atoms with E-state index in [4.69, 9.17) is 0 Å². The number of carbonyl (C=O) groups excluding carboxylic acids is 1. The molecule has 2 aliphatic rings. The minimum absolute atomic E-state index is 0.00900. The number of benzene rings is 1.